The predicted octanol–water partition coefficient (Wildman–Crippen LogP) is 6.05. The number of aromatic amines is 1. The van der Waals surface area contributed by atoms with E-state index in [1.165, 1.54) is 5.39 Å². The van der Waals surface area contributed by atoms with Gasteiger partial charge in [-0.05, 0) is 41.8 Å². The Morgan fingerprint density at radius 3 is 2.37 bits per heavy atom. The number of Topliss-reactive ketones (excluding diaryl/α,β-unsaturated/α-hetero) is 1. The summed E-state index contributed by atoms with van der Waals surface area (Å²) in [4.78, 5) is 15.8. The summed E-state index contributed by atoms with van der Waals surface area (Å²) in [5.74, 6) is 0.102. The van der Waals surface area contributed by atoms with Crippen LogP contribution in [0.4, 0.5) is 0 Å². The van der Waals surface area contributed by atoms with Gasteiger partial charge < -0.3 is 4.98 Å². The molecule has 0 fully saturated rings. The normalized spacial score (nSPS) is 11.7. The van der Waals surface area contributed by atoms with E-state index < -0.39 is 0 Å². The lowest BCUT2D eigenvalue weighted by molar-refractivity contribution is -0.113. The van der Waals surface area contributed by atoms with Crippen molar-refractivity contribution in [2.45, 2.75) is 13.3 Å². The first-order chi connectivity index (χ1) is 13.2. The molecule has 2 nitrogen and oxygen atoms in total. The van der Waals surface area contributed by atoms with Crippen LogP contribution in [0.15, 0.2) is 90.5 Å². The lowest BCUT2D eigenvalue weighted by atomic mass is 9.97. The van der Waals surface area contributed by atoms with Crippen molar-refractivity contribution in [3.05, 3.63) is 102 Å². The Kier molecular flexibility index (Phi) is 4.71. The van der Waals surface area contributed by atoms with E-state index in [-0.39, 0.29) is 5.78 Å². The third-order valence-electron chi connectivity index (χ3n) is 4.80. The number of carbonyl (C=O) groups excluding carboxylic acids is 1. The molecule has 132 valence electrons. The standard InChI is InChI=1S/C25H21NO/c1-18(27)22(15-19-9-3-2-4-10-19)16-20-11-5-7-13-23(20)25-17-21-12-6-8-14-24(21)26-25/h2-14,16-17,26H,15H2,1H3. The van der Waals surface area contributed by atoms with Gasteiger partial charge in [0.2, 0.25) is 0 Å². The van der Waals surface area contributed by atoms with E-state index in [9.17, 15) is 4.79 Å². The van der Waals surface area contributed by atoms with E-state index in [0.717, 1.165) is 33.5 Å². The van der Waals surface area contributed by atoms with Crippen LogP contribution in [0, 0.1) is 0 Å². The molecule has 27 heavy (non-hydrogen) atoms. The molecule has 0 saturated heterocycles. The fourth-order valence-electron chi connectivity index (χ4n) is 3.37. The number of para-hydroxylation sites is 1. The number of allylic oxidation sites excluding steroid dienone is 1. The molecule has 0 bridgehead atoms. The minimum Gasteiger partial charge on any atom is -0.355 e. The molecular weight excluding hydrogens is 330 g/mol. The van der Waals surface area contributed by atoms with Gasteiger partial charge in [0, 0.05) is 28.6 Å². The smallest absolute Gasteiger partial charge is 0.156 e. The molecule has 0 spiro atoms. The topological polar surface area (TPSA) is 32.9 Å². The number of aromatic nitrogens is 1. The first kappa shape index (κ1) is 17.0. The molecule has 1 N–H and O–H groups in total. The maximum absolute atomic E-state index is 12.3. The molecule has 0 saturated carbocycles. The monoisotopic (exact) mass is 351 g/mol. The van der Waals surface area contributed by atoms with Gasteiger partial charge >= 0.3 is 0 Å². The van der Waals surface area contributed by atoms with Crippen LogP contribution >= 0.6 is 0 Å². The number of hydrogen-bond acceptors (Lipinski definition) is 1. The summed E-state index contributed by atoms with van der Waals surface area (Å²) in [5, 5.41) is 1.18. The summed E-state index contributed by atoms with van der Waals surface area (Å²) >= 11 is 0. The number of fused-ring (bicyclic) bond motifs is 1. The van der Waals surface area contributed by atoms with Gasteiger partial charge in [0.15, 0.2) is 5.78 Å². The number of H-pyrrole nitrogens is 1. The maximum Gasteiger partial charge on any atom is 0.156 e. The zero-order chi connectivity index (χ0) is 18.6. The van der Waals surface area contributed by atoms with E-state index in [1.54, 1.807) is 6.92 Å². The summed E-state index contributed by atoms with van der Waals surface area (Å²) < 4.78 is 0. The fraction of sp³-hybridized carbons (Fsp3) is 0.0800. The van der Waals surface area contributed by atoms with Crippen molar-refractivity contribution < 1.29 is 4.79 Å². The average molecular weight is 351 g/mol. The minimum atomic E-state index is 0.102. The highest BCUT2D eigenvalue weighted by Crippen LogP contribution is 2.28. The highest BCUT2D eigenvalue weighted by atomic mass is 16.1. The highest BCUT2D eigenvalue weighted by Gasteiger charge is 2.10. The highest BCUT2D eigenvalue weighted by molar-refractivity contribution is 5.99. The third-order valence-corrected chi connectivity index (χ3v) is 4.80. The van der Waals surface area contributed by atoms with Crippen LogP contribution < -0.4 is 0 Å². The second-order valence-electron chi connectivity index (χ2n) is 6.75. The Labute approximate surface area is 159 Å². The van der Waals surface area contributed by atoms with E-state index >= 15 is 0 Å². The number of ketones is 1. The first-order valence-corrected chi connectivity index (χ1v) is 9.13. The summed E-state index contributed by atoms with van der Waals surface area (Å²) in [6.07, 6.45) is 2.66. The lowest BCUT2D eigenvalue weighted by Crippen LogP contribution is -2.01. The molecule has 0 unspecified atom stereocenters. The van der Waals surface area contributed by atoms with E-state index in [1.807, 2.05) is 48.5 Å². The van der Waals surface area contributed by atoms with Crippen LogP contribution in [-0.4, -0.2) is 10.8 Å². The molecule has 4 aromatic rings. The van der Waals surface area contributed by atoms with Crippen molar-refractivity contribution in [2.75, 3.05) is 0 Å². The number of benzene rings is 3. The zero-order valence-electron chi connectivity index (χ0n) is 15.3. The predicted molar refractivity (Wildman–Crippen MR) is 113 cm³/mol. The van der Waals surface area contributed by atoms with Crippen molar-refractivity contribution >= 4 is 22.8 Å². The Hall–Kier alpha value is -3.39. The molecule has 3 aromatic carbocycles. The van der Waals surface area contributed by atoms with Crippen molar-refractivity contribution in [1.82, 2.24) is 4.98 Å². The number of hydrogen-bond donors (Lipinski definition) is 1. The Bertz CT molecular complexity index is 1090. The number of nitrogens with one attached hydrogen (secondary N) is 1. The summed E-state index contributed by atoms with van der Waals surface area (Å²) in [5.41, 5.74) is 6.27. The van der Waals surface area contributed by atoms with E-state index in [2.05, 4.69) is 47.4 Å². The summed E-state index contributed by atoms with van der Waals surface area (Å²) in [7, 11) is 0. The Morgan fingerprint density at radius 1 is 0.889 bits per heavy atom. The maximum atomic E-state index is 12.3. The molecule has 0 radical (unpaired) electrons. The molecule has 0 aliphatic carbocycles. The van der Waals surface area contributed by atoms with Crippen molar-refractivity contribution in [3.8, 4) is 11.3 Å². The second kappa shape index (κ2) is 7.46. The molecule has 4 rings (SSSR count). The third kappa shape index (κ3) is 3.75. The van der Waals surface area contributed by atoms with Crippen LogP contribution in [0.5, 0.6) is 0 Å². The van der Waals surface area contributed by atoms with Gasteiger partial charge in [-0.15, -0.1) is 0 Å². The van der Waals surface area contributed by atoms with Crippen molar-refractivity contribution in [2.24, 2.45) is 0 Å². The Balaban J connectivity index is 1.76. The van der Waals surface area contributed by atoms with Crippen molar-refractivity contribution in [1.29, 1.82) is 0 Å². The largest absolute Gasteiger partial charge is 0.355 e. The van der Waals surface area contributed by atoms with E-state index in [0.29, 0.717) is 6.42 Å². The molecular formula is C25H21NO. The molecule has 0 aliphatic heterocycles. The SMILES string of the molecule is CC(=O)C(=Cc1ccccc1-c1cc2ccccc2[nH]1)Cc1ccccc1. The van der Waals surface area contributed by atoms with Gasteiger partial charge in [-0.1, -0.05) is 72.8 Å². The van der Waals surface area contributed by atoms with Crippen LogP contribution in [0.1, 0.15) is 18.1 Å². The van der Waals surface area contributed by atoms with Gasteiger partial charge in [-0.3, -0.25) is 4.79 Å². The number of rotatable bonds is 5. The van der Waals surface area contributed by atoms with Crippen LogP contribution in [0.3, 0.4) is 0 Å². The molecule has 1 heterocycles. The van der Waals surface area contributed by atoms with Crippen LogP contribution in [-0.2, 0) is 11.2 Å². The molecule has 0 atom stereocenters. The fourth-order valence-corrected chi connectivity index (χ4v) is 3.37. The van der Waals surface area contributed by atoms with Gasteiger partial charge in [0.05, 0.1) is 0 Å². The molecule has 1 aromatic heterocycles. The second-order valence-corrected chi connectivity index (χ2v) is 6.75. The number of carbonyl (C=O) groups is 1. The molecule has 2 heteroatoms. The van der Waals surface area contributed by atoms with Gasteiger partial charge in [-0.2, -0.15) is 0 Å². The quantitative estimate of drug-likeness (QED) is 0.436. The summed E-state index contributed by atoms with van der Waals surface area (Å²) in [6.45, 7) is 1.64. The van der Waals surface area contributed by atoms with Crippen LogP contribution in [0.2, 0.25) is 0 Å². The lowest BCUT2D eigenvalue weighted by Gasteiger charge is -2.08. The van der Waals surface area contributed by atoms with Crippen molar-refractivity contribution in [3.63, 3.8) is 0 Å². The van der Waals surface area contributed by atoms with Gasteiger partial charge in [0.25, 0.3) is 0 Å². The summed E-state index contributed by atoms with van der Waals surface area (Å²) in [6, 6.07) is 28.7. The van der Waals surface area contributed by atoms with Crippen LogP contribution in [0.25, 0.3) is 28.2 Å². The van der Waals surface area contributed by atoms with Gasteiger partial charge in [0.1, 0.15) is 0 Å². The molecule has 0 aliphatic rings. The first-order valence-electron chi connectivity index (χ1n) is 9.13. The van der Waals surface area contributed by atoms with Gasteiger partial charge in [-0.25, -0.2) is 0 Å². The zero-order valence-corrected chi connectivity index (χ0v) is 15.3. The minimum absolute atomic E-state index is 0.102. The average Bonchev–Trinajstić information content (AvgIpc) is 3.12. The van der Waals surface area contributed by atoms with E-state index in [4.69, 9.17) is 0 Å². The Morgan fingerprint density at radius 2 is 1.59 bits per heavy atom. The molecule has 0 amide bonds.